The Morgan fingerprint density at radius 2 is 2.05 bits per heavy atom. The van der Waals surface area contributed by atoms with Gasteiger partial charge in [0.05, 0.1) is 4.90 Å². The van der Waals surface area contributed by atoms with Gasteiger partial charge in [-0.2, -0.15) is 11.3 Å². The van der Waals surface area contributed by atoms with Crippen LogP contribution in [0.1, 0.15) is 29.7 Å². The second kappa shape index (κ2) is 5.29. The van der Waals surface area contributed by atoms with E-state index >= 15 is 0 Å². The first-order valence-corrected chi connectivity index (χ1v) is 8.86. The van der Waals surface area contributed by atoms with Gasteiger partial charge in [0.15, 0.2) is 0 Å². The van der Waals surface area contributed by atoms with Crippen LogP contribution in [0.25, 0.3) is 0 Å². The minimum absolute atomic E-state index is 0.224. The van der Waals surface area contributed by atoms with Crippen molar-refractivity contribution in [3.05, 3.63) is 51.7 Å². The Balaban J connectivity index is 1.85. The monoisotopic (exact) mass is 308 g/mol. The maximum Gasteiger partial charge on any atom is 0.241 e. The summed E-state index contributed by atoms with van der Waals surface area (Å²) < 4.78 is 27.5. The summed E-state index contributed by atoms with van der Waals surface area (Å²) in [6.07, 6.45) is 0. The summed E-state index contributed by atoms with van der Waals surface area (Å²) in [5.74, 6) is 0. The molecule has 1 aliphatic heterocycles. The van der Waals surface area contributed by atoms with Gasteiger partial charge in [0.2, 0.25) is 10.0 Å². The highest BCUT2D eigenvalue weighted by Crippen LogP contribution is 2.22. The van der Waals surface area contributed by atoms with E-state index in [-0.39, 0.29) is 6.04 Å². The number of hydrogen-bond donors (Lipinski definition) is 2. The first-order valence-electron chi connectivity index (χ1n) is 6.43. The van der Waals surface area contributed by atoms with Crippen molar-refractivity contribution in [2.75, 3.05) is 0 Å². The van der Waals surface area contributed by atoms with Crippen LogP contribution in [-0.2, 0) is 23.1 Å². The van der Waals surface area contributed by atoms with Crippen LogP contribution in [0.2, 0.25) is 0 Å². The molecular weight excluding hydrogens is 292 g/mol. The Labute approximate surface area is 122 Å². The van der Waals surface area contributed by atoms with Crippen LogP contribution in [0.3, 0.4) is 0 Å². The number of fused-ring (bicyclic) bond motifs is 1. The molecule has 106 valence electrons. The Bertz CT molecular complexity index is 709. The molecule has 6 heteroatoms. The van der Waals surface area contributed by atoms with Crippen molar-refractivity contribution in [3.63, 3.8) is 0 Å². The van der Waals surface area contributed by atoms with E-state index in [0.29, 0.717) is 4.90 Å². The highest BCUT2D eigenvalue weighted by atomic mass is 32.2. The average molecular weight is 308 g/mol. The molecule has 0 aliphatic carbocycles. The van der Waals surface area contributed by atoms with E-state index in [1.165, 1.54) is 5.56 Å². The van der Waals surface area contributed by atoms with Gasteiger partial charge >= 0.3 is 0 Å². The largest absolute Gasteiger partial charge is 0.309 e. The van der Waals surface area contributed by atoms with E-state index in [1.807, 2.05) is 29.8 Å². The lowest BCUT2D eigenvalue weighted by Crippen LogP contribution is -2.26. The van der Waals surface area contributed by atoms with Crippen molar-refractivity contribution in [2.45, 2.75) is 31.0 Å². The van der Waals surface area contributed by atoms with Crippen LogP contribution >= 0.6 is 11.3 Å². The molecule has 2 N–H and O–H groups in total. The molecule has 0 amide bonds. The van der Waals surface area contributed by atoms with E-state index in [4.69, 9.17) is 0 Å². The zero-order valence-corrected chi connectivity index (χ0v) is 12.7. The summed E-state index contributed by atoms with van der Waals surface area (Å²) in [5, 5.41) is 7.12. The van der Waals surface area contributed by atoms with Gasteiger partial charge < -0.3 is 5.32 Å². The lowest BCUT2D eigenvalue weighted by molar-refractivity contribution is 0.567. The van der Waals surface area contributed by atoms with E-state index in [1.54, 1.807) is 23.5 Å². The third-order valence-corrected chi connectivity index (χ3v) is 5.73. The summed E-state index contributed by atoms with van der Waals surface area (Å²) in [6, 6.07) is 7.04. The van der Waals surface area contributed by atoms with Gasteiger partial charge in [-0.25, -0.2) is 13.1 Å². The van der Waals surface area contributed by atoms with Gasteiger partial charge in [0, 0.05) is 19.1 Å². The van der Waals surface area contributed by atoms with Gasteiger partial charge in [-0.3, -0.25) is 0 Å². The van der Waals surface area contributed by atoms with Crippen molar-refractivity contribution in [2.24, 2.45) is 0 Å². The second-order valence-corrected chi connectivity index (χ2v) is 7.43. The first kappa shape index (κ1) is 13.8. The fourth-order valence-electron chi connectivity index (χ4n) is 2.33. The predicted molar refractivity (Wildman–Crippen MR) is 80.0 cm³/mol. The number of nitrogens with one attached hydrogen (secondary N) is 2. The number of benzene rings is 1. The van der Waals surface area contributed by atoms with E-state index in [0.717, 1.165) is 24.2 Å². The molecule has 0 saturated carbocycles. The number of rotatable bonds is 4. The molecule has 0 fully saturated rings. The number of sulfonamides is 1. The van der Waals surface area contributed by atoms with E-state index in [2.05, 4.69) is 10.0 Å². The average Bonchev–Trinajstić information content (AvgIpc) is 3.08. The smallest absolute Gasteiger partial charge is 0.241 e. The summed E-state index contributed by atoms with van der Waals surface area (Å²) >= 11 is 1.56. The Morgan fingerprint density at radius 1 is 1.25 bits per heavy atom. The molecule has 1 aromatic heterocycles. The maximum absolute atomic E-state index is 12.4. The summed E-state index contributed by atoms with van der Waals surface area (Å²) in [6.45, 7) is 3.40. The zero-order chi connectivity index (χ0) is 14.2. The van der Waals surface area contributed by atoms with Gasteiger partial charge in [0.1, 0.15) is 0 Å². The first-order chi connectivity index (χ1) is 9.56. The van der Waals surface area contributed by atoms with Crippen molar-refractivity contribution < 1.29 is 8.42 Å². The van der Waals surface area contributed by atoms with Crippen LogP contribution in [-0.4, -0.2) is 8.42 Å². The van der Waals surface area contributed by atoms with Crippen LogP contribution in [0.4, 0.5) is 0 Å². The van der Waals surface area contributed by atoms with E-state index < -0.39 is 10.0 Å². The summed E-state index contributed by atoms with van der Waals surface area (Å²) in [5.41, 5.74) is 3.23. The fraction of sp³-hybridized carbons (Fsp3) is 0.286. The SMILES string of the molecule is CC(NS(=O)(=O)c1ccc2c(c1)CNC2)c1ccsc1. The zero-order valence-electron chi connectivity index (χ0n) is 11.1. The van der Waals surface area contributed by atoms with Gasteiger partial charge in [-0.1, -0.05) is 6.07 Å². The molecule has 1 aromatic carbocycles. The molecule has 4 nitrogen and oxygen atoms in total. The highest BCUT2D eigenvalue weighted by Gasteiger charge is 2.21. The number of thiophene rings is 1. The fourth-order valence-corrected chi connectivity index (χ4v) is 4.36. The van der Waals surface area contributed by atoms with Crippen molar-refractivity contribution in [1.29, 1.82) is 0 Å². The van der Waals surface area contributed by atoms with Gasteiger partial charge in [0.25, 0.3) is 0 Å². The topological polar surface area (TPSA) is 58.2 Å². The van der Waals surface area contributed by atoms with Crippen LogP contribution < -0.4 is 10.0 Å². The molecule has 2 aromatic rings. The molecule has 0 radical (unpaired) electrons. The molecule has 3 rings (SSSR count). The molecule has 1 atom stereocenters. The summed E-state index contributed by atoms with van der Waals surface area (Å²) in [4.78, 5) is 0.335. The maximum atomic E-state index is 12.4. The molecule has 2 heterocycles. The number of hydrogen-bond acceptors (Lipinski definition) is 4. The molecule has 20 heavy (non-hydrogen) atoms. The normalized spacial score (nSPS) is 16.1. The third kappa shape index (κ3) is 2.64. The molecule has 1 unspecified atom stereocenters. The lowest BCUT2D eigenvalue weighted by Gasteiger charge is -2.13. The molecular formula is C14H16N2O2S2. The molecule has 0 bridgehead atoms. The Morgan fingerprint density at radius 3 is 2.80 bits per heavy atom. The van der Waals surface area contributed by atoms with Gasteiger partial charge in [-0.05, 0) is 52.6 Å². The summed E-state index contributed by atoms with van der Waals surface area (Å²) in [7, 11) is -3.48. The minimum Gasteiger partial charge on any atom is -0.309 e. The second-order valence-electron chi connectivity index (χ2n) is 4.93. The van der Waals surface area contributed by atoms with Crippen LogP contribution in [0.5, 0.6) is 0 Å². The van der Waals surface area contributed by atoms with Crippen molar-refractivity contribution >= 4 is 21.4 Å². The standard InChI is InChI=1S/C14H16N2O2S2/c1-10(12-4-5-19-9-12)16-20(17,18)14-3-2-11-7-15-8-13(11)6-14/h2-6,9-10,15-16H,7-8H2,1H3. The Hall–Kier alpha value is -1.21. The predicted octanol–water partition coefficient (Wildman–Crippen LogP) is 2.39. The van der Waals surface area contributed by atoms with E-state index in [9.17, 15) is 8.42 Å². The third-order valence-electron chi connectivity index (χ3n) is 3.49. The van der Waals surface area contributed by atoms with Crippen LogP contribution in [0, 0.1) is 0 Å². The van der Waals surface area contributed by atoms with Crippen molar-refractivity contribution in [3.8, 4) is 0 Å². The highest BCUT2D eigenvalue weighted by molar-refractivity contribution is 7.89. The lowest BCUT2D eigenvalue weighted by atomic mass is 10.1. The van der Waals surface area contributed by atoms with Crippen LogP contribution in [0.15, 0.2) is 39.9 Å². The molecule has 0 spiro atoms. The van der Waals surface area contributed by atoms with Gasteiger partial charge in [-0.15, -0.1) is 0 Å². The molecule has 0 saturated heterocycles. The quantitative estimate of drug-likeness (QED) is 0.912. The Kier molecular flexibility index (Phi) is 3.64. The minimum atomic E-state index is -3.48. The molecule has 1 aliphatic rings. The van der Waals surface area contributed by atoms with Crippen molar-refractivity contribution in [1.82, 2.24) is 10.0 Å².